The standard InChI is InChI=1S/C9H6N2O8/c1-4-2-5(10(15)16)3-6(11(17)18)7(4)19-9(14)8(12)13/h2-3H,1H3,(H,12,13). The number of nitrogens with zero attached hydrogens (tertiary/aromatic N) is 2. The van der Waals surface area contributed by atoms with Crippen LogP contribution in [-0.4, -0.2) is 26.9 Å². The number of carboxylic acids is 1. The molecular formula is C9H6N2O8. The first-order valence-corrected chi connectivity index (χ1v) is 4.62. The highest BCUT2D eigenvalue weighted by molar-refractivity contribution is 6.29. The molecule has 19 heavy (non-hydrogen) atoms. The molecule has 1 aromatic rings. The first-order valence-electron chi connectivity index (χ1n) is 4.62. The molecular weight excluding hydrogens is 264 g/mol. The van der Waals surface area contributed by atoms with Gasteiger partial charge >= 0.3 is 17.6 Å². The van der Waals surface area contributed by atoms with Gasteiger partial charge in [0.15, 0.2) is 0 Å². The summed E-state index contributed by atoms with van der Waals surface area (Å²) in [6.07, 6.45) is 0. The average molecular weight is 270 g/mol. The third-order valence-electron chi connectivity index (χ3n) is 2.02. The second kappa shape index (κ2) is 5.08. The van der Waals surface area contributed by atoms with Crippen molar-refractivity contribution in [3.05, 3.63) is 37.9 Å². The molecule has 0 radical (unpaired) electrons. The van der Waals surface area contributed by atoms with Gasteiger partial charge in [-0.3, -0.25) is 20.2 Å². The number of hydrogen-bond acceptors (Lipinski definition) is 7. The van der Waals surface area contributed by atoms with Gasteiger partial charge in [-0.15, -0.1) is 0 Å². The van der Waals surface area contributed by atoms with Crippen LogP contribution >= 0.6 is 0 Å². The lowest BCUT2D eigenvalue weighted by molar-refractivity contribution is -0.394. The van der Waals surface area contributed by atoms with Crippen molar-refractivity contribution in [1.29, 1.82) is 0 Å². The molecule has 0 aliphatic rings. The molecule has 0 aliphatic carbocycles. The Kier molecular flexibility index (Phi) is 3.75. The van der Waals surface area contributed by atoms with Crippen molar-refractivity contribution >= 4 is 23.3 Å². The Hall–Kier alpha value is -3.04. The van der Waals surface area contributed by atoms with Crippen molar-refractivity contribution in [2.45, 2.75) is 6.92 Å². The first kappa shape index (κ1) is 14.0. The molecule has 0 amide bonds. The Morgan fingerprint density at radius 2 is 1.79 bits per heavy atom. The summed E-state index contributed by atoms with van der Waals surface area (Å²) in [7, 11) is 0. The van der Waals surface area contributed by atoms with Crippen LogP contribution < -0.4 is 4.74 Å². The number of carboxylic acid groups (broad SMARTS) is 1. The molecule has 1 aromatic carbocycles. The molecule has 0 fully saturated rings. The maximum atomic E-state index is 10.9. The number of nitro groups is 2. The molecule has 0 heterocycles. The minimum atomic E-state index is -1.94. The van der Waals surface area contributed by atoms with E-state index in [-0.39, 0.29) is 5.56 Å². The summed E-state index contributed by atoms with van der Waals surface area (Å²) in [5, 5.41) is 29.6. The number of rotatable bonds is 3. The highest BCUT2D eigenvalue weighted by Gasteiger charge is 2.27. The van der Waals surface area contributed by atoms with Crippen LogP contribution in [0.4, 0.5) is 11.4 Å². The Labute approximate surface area is 104 Å². The monoisotopic (exact) mass is 270 g/mol. The van der Waals surface area contributed by atoms with E-state index in [1.807, 2.05) is 0 Å². The number of aryl methyl sites for hydroxylation is 1. The van der Waals surface area contributed by atoms with Gasteiger partial charge < -0.3 is 9.84 Å². The Morgan fingerprint density at radius 1 is 1.21 bits per heavy atom. The van der Waals surface area contributed by atoms with Gasteiger partial charge in [-0.05, 0) is 6.92 Å². The highest BCUT2D eigenvalue weighted by atomic mass is 16.6. The maximum absolute atomic E-state index is 10.9. The molecule has 1 rings (SSSR count). The molecule has 0 saturated heterocycles. The van der Waals surface area contributed by atoms with Crippen LogP contribution in [0.5, 0.6) is 5.75 Å². The van der Waals surface area contributed by atoms with Crippen LogP contribution in [0.3, 0.4) is 0 Å². The van der Waals surface area contributed by atoms with E-state index in [4.69, 9.17) is 5.11 Å². The van der Waals surface area contributed by atoms with E-state index in [1.165, 1.54) is 6.92 Å². The molecule has 10 heteroatoms. The van der Waals surface area contributed by atoms with Crippen molar-refractivity contribution in [2.75, 3.05) is 0 Å². The zero-order valence-electron chi connectivity index (χ0n) is 9.35. The van der Waals surface area contributed by atoms with Gasteiger partial charge in [0, 0.05) is 11.6 Å². The summed E-state index contributed by atoms with van der Waals surface area (Å²) >= 11 is 0. The number of aliphatic carboxylic acids is 1. The van der Waals surface area contributed by atoms with Gasteiger partial charge in [-0.25, -0.2) is 9.59 Å². The van der Waals surface area contributed by atoms with Crippen LogP contribution in [-0.2, 0) is 9.59 Å². The molecule has 0 spiro atoms. The third-order valence-corrected chi connectivity index (χ3v) is 2.02. The maximum Gasteiger partial charge on any atom is 0.422 e. The third kappa shape index (κ3) is 3.00. The van der Waals surface area contributed by atoms with Gasteiger partial charge in [-0.2, -0.15) is 0 Å². The van der Waals surface area contributed by atoms with Crippen LogP contribution in [0.1, 0.15) is 5.56 Å². The Morgan fingerprint density at radius 3 is 2.21 bits per heavy atom. The second-order valence-electron chi connectivity index (χ2n) is 3.32. The lowest BCUT2D eigenvalue weighted by Gasteiger charge is -2.05. The number of esters is 1. The fourth-order valence-electron chi connectivity index (χ4n) is 1.25. The smallest absolute Gasteiger partial charge is 0.422 e. The summed E-state index contributed by atoms with van der Waals surface area (Å²) < 4.78 is 4.33. The van der Waals surface area contributed by atoms with Crippen LogP contribution in [0, 0.1) is 27.2 Å². The van der Waals surface area contributed by atoms with Crippen molar-refractivity contribution in [3.8, 4) is 5.75 Å². The summed E-state index contributed by atoms with van der Waals surface area (Å²) in [6, 6.07) is 1.51. The van der Waals surface area contributed by atoms with Crippen molar-refractivity contribution in [3.63, 3.8) is 0 Å². The summed E-state index contributed by atoms with van der Waals surface area (Å²) in [4.78, 5) is 40.6. The van der Waals surface area contributed by atoms with Crippen LogP contribution in [0.15, 0.2) is 12.1 Å². The average Bonchev–Trinajstić information content (AvgIpc) is 2.30. The Balaban J connectivity index is 3.38. The van der Waals surface area contributed by atoms with E-state index in [9.17, 15) is 29.8 Å². The summed E-state index contributed by atoms with van der Waals surface area (Å²) in [6.45, 7) is 1.21. The fraction of sp³-hybridized carbons (Fsp3) is 0.111. The van der Waals surface area contributed by atoms with Crippen LogP contribution in [0.25, 0.3) is 0 Å². The van der Waals surface area contributed by atoms with Crippen molar-refractivity contribution in [1.82, 2.24) is 0 Å². The predicted molar refractivity (Wildman–Crippen MR) is 57.8 cm³/mol. The molecule has 0 aromatic heterocycles. The molecule has 0 aliphatic heterocycles. The van der Waals surface area contributed by atoms with Gasteiger partial charge in [0.05, 0.1) is 15.9 Å². The second-order valence-corrected chi connectivity index (χ2v) is 3.32. The lowest BCUT2D eigenvalue weighted by Crippen LogP contribution is -2.20. The highest BCUT2D eigenvalue weighted by Crippen LogP contribution is 2.34. The van der Waals surface area contributed by atoms with E-state index in [0.717, 1.165) is 6.07 Å². The number of benzene rings is 1. The quantitative estimate of drug-likeness (QED) is 0.278. The lowest BCUT2D eigenvalue weighted by atomic mass is 10.1. The summed E-state index contributed by atoms with van der Waals surface area (Å²) in [5.74, 6) is -4.30. The van der Waals surface area contributed by atoms with E-state index in [1.54, 1.807) is 0 Å². The summed E-state index contributed by atoms with van der Waals surface area (Å²) in [5.41, 5.74) is -1.53. The van der Waals surface area contributed by atoms with Crippen LogP contribution in [0.2, 0.25) is 0 Å². The van der Waals surface area contributed by atoms with E-state index in [0.29, 0.717) is 6.07 Å². The minimum absolute atomic E-state index is 0.101. The number of nitro benzene ring substituents is 2. The topological polar surface area (TPSA) is 150 Å². The van der Waals surface area contributed by atoms with Gasteiger partial charge in [0.1, 0.15) is 0 Å². The zero-order valence-corrected chi connectivity index (χ0v) is 9.35. The Bertz CT molecular complexity index is 594. The van der Waals surface area contributed by atoms with E-state index in [2.05, 4.69) is 4.74 Å². The molecule has 0 atom stereocenters. The largest absolute Gasteiger partial charge is 0.473 e. The van der Waals surface area contributed by atoms with Gasteiger partial charge in [0.2, 0.25) is 5.75 Å². The number of hydrogen-bond donors (Lipinski definition) is 1. The number of non-ortho nitro benzene ring substituents is 1. The molecule has 0 saturated carbocycles. The predicted octanol–water partition coefficient (Wildman–Crippen LogP) is 0.801. The molecule has 100 valence electrons. The number of carbonyl (C=O) groups excluding carboxylic acids is 1. The van der Waals surface area contributed by atoms with Crippen molar-refractivity contribution in [2.24, 2.45) is 0 Å². The minimum Gasteiger partial charge on any atom is -0.473 e. The first-order chi connectivity index (χ1) is 8.73. The molecule has 10 nitrogen and oxygen atoms in total. The van der Waals surface area contributed by atoms with Gasteiger partial charge in [0.25, 0.3) is 5.69 Å². The molecule has 1 N–H and O–H groups in total. The fourth-order valence-corrected chi connectivity index (χ4v) is 1.25. The van der Waals surface area contributed by atoms with Crippen molar-refractivity contribution < 1.29 is 29.3 Å². The SMILES string of the molecule is Cc1cc([N+](=O)[O-])cc([N+](=O)[O-])c1OC(=O)C(=O)O. The van der Waals surface area contributed by atoms with E-state index >= 15 is 0 Å². The number of carbonyl (C=O) groups is 2. The van der Waals surface area contributed by atoms with Gasteiger partial charge in [-0.1, -0.05) is 0 Å². The van der Waals surface area contributed by atoms with E-state index < -0.39 is 38.9 Å². The number of ether oxygens (including phenoxy) is 1. The zero-order chi connectivity index (χ0) is 14.7. The molecule has 0 bridgehead atoms. The normalized spacial score (nSPS) is 9.74. The molecule has 0 unspecified atom stereocenters.